The fourth-order valence-electron chi connectivity index (χ4n) is 3.73. The summed E-state index contributed by atoms with van der Waals surface area (Å²) < 4.78 is 5.36. The molecule has 0 spiro atoms. The monoisotopic (exact) mass is 421 g/mol. The van der Waals surface area contributed by atoms with E-state index in [4.69, 9.17) is 4.74 Å². The quantitative estimate of drug-likeness (QED) is 0.696. The van der Waals surface area contributed by atoms with Crippen molar-refractivity contribution < 1.29 is 14.3 Å². The van der Waals surface area contributed by atoms with Crippen LogP contribution >= 0.6 is 0 Å². The van der Waals surface area contributed by atoms with Crippen molar-refractivity contribution >= 4 is 23.1 Å². The average Bonchev–Trinajstić information content (AvgIpc) is 2.80. The minimum Gasteiger partial charge on any atom is -0.496 e. The lowest BCUT2D eigenvalue weighted by Crippen LogP contribution is -2.48. The van der Waals surface area contributed by atoms with Crippen molar-refractivity contribution in [2.24, 2.45) is 0 Å². The molecule has 6 nitrogen and oxygen atoms in total. The fraction of sp³-hybridized carbons (Fsp3) is 0.360. The topological polar surface area (TPSA) is 61.9 Å². The average molecular weight is 422 g/mol. The predicted molar refractivity (Wildman–Crippen MR) is 124 cm³/mol. The van der Waals surface area contributed by atoms with Crippen LogP contribution in [0.5, 0.6) is 5.75 Å². The lowest BCUT2D eigenvalue weighted by atomic mass is 10.1. The van der Waals surface area contributed by atoms with Gasteiger partial charge >= 0.3 is 0 Å². The normalized spacial score (nSPS) is 14.9. The van der Waals surface area contributed by atoms with E-state index < -0.39 is 0 Å². The molecule has 1 aliphatic rings. The summed E-state index contributed by atoms with van der Waals surface area (Å²) in [6.45, 7) is 8.52. The molecule has 0 radical (unpaired) electrons. The summed E-state index contributed by atoms with van der Waals surface area (Å²) in [5.41, 5.74) is 3.35. The van der Waals surface area contributed by atoms with Crippen LogP contribution in [0.1, 0.15) is 25.0 Å². The van der Waals surface area contributed by atoms with Crippen LogP contribution in [0, 0.1) is 0 Å². The molecule has 0 bridgehead atoms. The predicted octanol–water partition coefficient (Wildman–Crippen LogP) is 3.44. The first-order valence-electron chi connectivity index (χ1n) is 10.7. The minimum atomic E-state index is -0.207. The number of rotatable bonds is 7. The van der Waals surface area contributed by atoms with Crippen molar-refractivity contribution in [2.45, 2.75) is 20.3 Å². The summed E-state index contributed by atoms with van der Waals surface area (Å²) in [4.78, 5) is 29.3. The Kier molecular flexibility index (Phi) is 7.84. The lowest BCUT2D eigenvalue weighted by Gasteiger charge is -2.34. The number of hydrogen-bond acceptors (Lipinski definition) is 4. The van der Waals surface area contributed by atoms with E-state index >= 15 is 0 Å². The largest absolute Gasteiger partial charge is 0.496 e. The van der Waals surface area contributed by atoms with Gasteiger partial charge in [-0.2, -0.15) is 0 Å². The van der Waals surface area contributed by atoms with Crippen molar-refractivity contribution in [1.29, 1.82) is 0 Å². The standard InChI is InChI=1S/C25H31N3O3/c1-4-27-13-15-28(16-14-27)25(30)18-20-9-11-21(12-10-20)26-24(29)17-19(2)22-7-5-6-8-23(22)31-3/h5-12,17H,4,13-16,18H2,1-3H3,(H,26,29)/b19-17+. The maximum absolute atomic E-state index is 12.6. The number of methoxy groups -OCH3 is 1. The third kappa shape index (κ3) is 6.18. The maximum Gasteiger partial charge on any atom is 0.248 e. The van der Waals surface area contributed by atoms with Gasteiger partial charge in [0, 0.05) is 43.5 Å². The molecule has 1 saturated heterocycles. The van der Waals surface area contributed by atoms with Crippen LogP contribution in [0.15, 0.2) is 54.6 Å². The number of nitrogens with one attached hydrogen (secondary N) is 1. The number of nitrogens with zero attached hydrogens (tertiary/aromatic N) is 2. The van der Waals surface area contributed by atoms with E-state index in [0.29, 0.717) is 12.1 Å². The third-order valence-corrected chi connectivity index (χ3v) is 5.63. The number of benzene rings is 2. The molecular formula is C25H31N3O3. The SMILES string of the molecule is CCN1CCN(C(=O)Cc2ccc(NC(=O)/C=C(\C)c3ccccc3OC)cc2)CC1. The van der Waals surface area contributed by atoms with Gasteiger partial charge in [0.15, 0.2) is 0 Å². The Morgan fingerprint density at radius 2 is 1.71 bits per heavy atom. The van der Waals surface area contributed by atoms with Crippen molar-refractivity contribution in [3.8, 4) is 5.75 Å². The number of ether oxygens (including phenoxy) is 1. The fourth-order valence-corrected chi connectivity index (χ4v) is 3.73. The molecule has 2 amide bonds. The van der Waals surface area contributed by atoms with E-state index in [1.807, 2.05) is 60.4 Å². The molecule has 0 aliphatic carbocycles. The first-order chi connectivity index (χ1) is 15.0. The molecule has 0 aromatic heterocycles. The Bertz CT molecular complexity index is 929. The highest BCUT2D eigenvalue weighted by atomic mass is 16.5. The molecule has 0 atom stereocenters. The molecular weight excluding hydrogens is 390 g/mol. The molecule has 6 heteroatoms. The van der Waals surface area contributed by atoms with Gasteiger partial charge in [0.2, 0.25) is 11.8 Å². The number of allylic oxidation sites excluding steroid dienone is 1. The number of likely N-dealkylation sites (N-methyl/N-ethyl adjacent to an activating group) is 1. The molecule has 1 heterocycles. The van der Waals surface area contributed by atoms with E-state index in [1.165, 1.54) is 0 Å². The molecule has 0 unspecified atom stereocenters. The van der Waals surface area contributed by atoms with Crippen LogP contribution in [0.2, 0.25) is 0 Å². The van der Waals surface area contributed by atoms with Gasteiger partial charge in [-0.15, -0.1) is 0 Å². The van der Waals surface area contributed by atoms with Gasteiger partial charge in [-0.1, -0.05) is 37.3 Å². The molecule has 1 fully saturated rings. The van der Waals surface area contributed by atoms with Crippen molar-refractivity contribution in [3.05, 3.63) is 65.7 Å². The lowest BCUT2D eigenvalue weighted by molar-refractivity contribution is -0.132. The zero-order valence-corrected chi connectivity index (χ0v) is 18.6. The Balaban J connectivity index is 1.55. The van der Waals surface area contributed by atoms with E-state index in [1.54, 1.807) is 13.2 Å². The number of carbonyl (C=O) groups excluding carboxylic acids is 2. The number of anilines is 1. The Morgan fingerprint density at radius 3 is 2.35 bits per heavy atom. The maximum atomic E-state index is 12.6. The van der Waals surface area contributed by atoms with E-state index in [-0.39, 0.29) is 11.8 Å². The summed E-state index contributed by atoms with van der Waals surface area (Å²) in [5.74, 6) is 0.679. The number of carbonyl (C=O) groups is 2. The molecule has 2 aromatic rings. The molecule has 0 saturated carbocycles. The van der Waals surface area contributed by atoms with Gasteiger partial charge in [-0.3, -0.25) is 9.59 Å². The number of piperazine rings is 1. The minimum absolute atomic E-state index is 0.155. The second-order valence-electron chi connectivity index (χ2n) is 7.71. The Morgan fingerprint density at radius 1 is 1.03 bits per heavy atom. The van der Waals surface area contributed by atoms with Crippen molar-refractivity contribution in [1.82, 2.24) is 9.80 Å². The van der Waals surface area contributed by atoms with Crippen molar-refractivity contribution in [3.63, 3.8) is 0 Å². The van der Waals surface area contributed by atoms with Crippen LogP contribution in [0.3, 0.4) is 0 Å². The second kappa shape index (κ2) is 10.8. The summed E-state index contributed by atoms with van der Waals surface area (Å²) in [5, 5.41) is 2.88. The van der Waals surface area contributed by atoms with E-state index in [9.17, 15) is 9.59 Å². The van der Waals surface area contributed by atoms with Crippen LogP contribution in [0.25, 0.3) is 5.57 Å². The summed E-state index contributed by atoms with van der Waals surface area (Å²) >= 11 is 0. The first-order valence-corrected chi connectivity index (χ1v) is 10.7. The molecule has 1 aliphatic heterocycles. The van der Waals surface area contributed by atoms with Crippen LogP contribution in [-0.2, 0) is 16.0 Å². The first kappa shape index (κ1) is 22.6. The highest BCUT2D eigenvalue weighted by Crippen LogP contribution is 2.25. The van der Waals surface area contributed by atoms with Crippen LogP contribution in [-0.4, -0.2) is 61.4 Å². The zero-order chi connectivity index (χ0) is 22.2. The summed E-state index contributed by atoms with van der Waals surface area (Å²) in [7, 11) is 1.61. The smallest absolute Gasteiger partial charge is 0.248 e. The van der Waals surface area contributed by atoms with Gasteiger partial charge in [-0.05, 0) is 42.8 Å². The molecule has 31 heavy (non-hydrogen) atoms. The van der Waals surface area contributed by atoms with Gasteiger partial charge in [0.1, 0.15) is 5.75 Å². The Labute approximate surface area is 184 Å². The number of para-hydroxylation sites is 1. The Hall–Kier alpha value is -3.12. The molecule has 164 valence electrons. The van der Waals surface area contributed by atoms with Crippen LogP contribution in [0.4, 0.5) is 5.69 Å². The van der Waals surface area contributed by atoms with Crippen LogP contribution < -0.4 is 10.1 Å². The summed E-state index contributed by atoms with van der Waals surface area (Å²) in [6, 6.07) is 15.1. The highest BCUT2D eigenvalue weighted by Gasteiger charge is 2.20. The van der Waals surface area contributed by atoms with E-state index in [2.05, 4.69) is 17.1 Å². The van der Waals surface area contributed by atoms with Gasteiger partial charge in [0.05, 0.1) is 13.5 Å². The molecule has 1 N–H and O–H groups in total. The zero-order valence-electron chi connectivity index (χ0n) is 18.6. The van der Waals surface area contributed by atoms with Gasteiger partial charge in [-0.25, -0.2) is 0 Å². The van der Waals surface area contributed by atoms with Crippen molar-refractivity contribution in [2.75, 3.05) is 45.2 Å². The second-order valence-corrected chi connectivity index (χ2v) is 7.71. The summed E-state index contributed by atoms with van der Waals surface area (Å²) in [6.07, 6.45) is 1.94. The highest BCUT2D eigenvalue weighted by molar-refractivity contribution is 6.04. The van der Waals surface area contributed by atoms with E-state index in [0.717, 1.165) is 55.2 Å². The third-order valence-electron chi connectivity index (χ3n) is 5.63. The number of hydrogen-bond donors (Lipinski definition) is 1. The molecule has 2 aromatic carbocycles. The van der Waals surface area contributed by atoms with Gasteiger partial charge < -0.3 is 19.9 Å². The van der Waals surface area contributed by atoms with Gasteiger partial charge in [0.25, 0.3) is 0 Å². The molecule has 3 rings (SSSR count). The number of amides is 2.